The Hall–Kier alpha value is 0.117. The van der Waals surface area contributed by atoms with Crippen LogP contribution in [0, 0.1) is 0 Å². The molecule has 0 fully saturated rings. The molecular formula is C60H123NO3SSi. The van der Waals surface area contributed by atoms with Crippen LogP contribution >= 0.6 is 11.8 Å². The van der Waals surface area contributed by atoms with E-state index in [1.165, 1.54) is 289 Å². The van der Waals surface area contributed by atoms with Gasteiger partial charge in [-0.1, -0.05) is 316 Å². The predicted molar refractivity (Wildman–Crippen MR) is 302 cm³/mol. The summed E-state index contributed by atoms with van der Waals surface area (Å²) in [6.45, 7) is 10.8. The van der Waals surface area contributed by atoms with Crippen molar-refractivity contribution < 1.29 is 13.6 Å². The van der Waals surface area contributed by atoms with Gasteiger partial charge in [0.15, 0.2) is 5.12 Å². The third kappa shape index (κ3) is 49.1. The van der Waals surface area contributed by atoms with E-state index < -0.39 is 9.28 Å². The Kier molecular flexibility index (Phi) is 56.1. The van der Waals surface area contributed by atoms with Crippen molar-refractivity contribution in [3.63, 3.8) is 0 Å². The summed E-state index contributed by atoms with van der Waals surface area (Å²) in [5.41, 5.74) is 0.0432. The van der Waals surface area contributed by atoms with Crippen molar-refractivity contribution in [1.82, 2.24) is 5.32 Å². The van der Waals surface area contributed by atoms with Crippen molar-refractivity contribution in [2.75, 3.05) is 26.0 Å². The van der Waals surface area contributed by atoms with Crippen molar-refractivity contribution in [3.05, 3.63) is 0 Å². The molecule has 0 aromatic heterocycles. The fourth-order valence-electron chi connectivity index (χ4n) is 9.91. The molecule has 396 valence electrons. The number of hydrogen-bond acceptors (Lipinski definition) is 5. The monoisotopic (exact) mass is 966 g/mol. The summed E-state index contributed by atoms with van der Waals surface area (Å²) in [5, 5.41) is 4.27. The summed E-state index contributed by atoms with van der Waals surface area (Å²) in [6, 6.07) is 1.02. The summed E-state index contributed by atoms with van der Waals surface area (Å²) in [4.78, 5) is 12.7. The highest BCUT2D eigenvalue weighted by atomic mass is 32.2. The first-order valence-corrected chi connectivity index (χ1v) is 33.4. The fourth-order valence-corrected chi connectivity index (χ4v) is 12.9. The maximum Gasteiger partial charge on any atom is 0.321 e. The van der Waals surface area contributed by atoms with Gasteiger partial charge in [0, 0.05) is 24.3 Å². The molecule has 4 nitrogen and oxygen atoms in total. The molecule has 0 aliphatic rings. The van der Waals surface area contributed by atoms with E-state index in [1.807, 2.05) is 0 Å². The number of carbonyl (C=O) groups excluding carboxylic acids is 1. The topological polar surface area (TPSA) is 47.6 Å². The number of hydrogen-bond donors (Lipinski definition) is 1. The molecule has 6 heteroatoms. The fraction of sp³-hybridized carbons (Fsp3) is 0.983. The Morgan fingerprint density at radius 1 is 0.394 bits per heavy atom. The van der Waals surface area contributed by atoms with Crippen LogP contribution in [-0.4, -0.2) is 46.0 Å². The Morgan fingerprint density at radius 2 is 0.697 bits per heavy atom. The number of nitrogens with one attached hydrogen (secondary N) is 1. The normalized spacial score (nSPS) is 12.4. The van der Waals surface area contributed by atoms with Gasteiger partial charge < -0.3 is 14.2 Å². The largest absolute Gasteiger partial charge is 0.397 e. The van der Waals surface area contributed by atoms with Gasteiger partial charge in [-0.25, -0.2) is 0 Å². The first kappa shape index (κ1) is 66.1. The van der Waals surface area contributed by atoms with Gasteiger partial charge >= 0.3 is 9.28 Å². The summed E-state index contributed by atoms with van der Waals surface area (Å²) >= 11 is 1.57. The van der Waals surface area contributed by atoms with Gasteiger partial charge in [0.2, 0.25) is 0 Å². The number of carbonyl (C=O) groups is 1. The van der Waals surface area contributed by atoms with Gasteiger partial charge in [-0.3, -0.25) is 4.79 Å². The highest BCUT2D eigenvalue weighted by molar-refractivity contribution is 8.13. The van der Waals surface area contributed by atoms with Gasteiger partial charge in [-0.15, -0.1) is 0 Å². The SMILES string of the molecule is CCCCCCCCCCCCCCCCCCC(CCCCCCCCCCCCCCCCCC)(CO[SiH](CCCSC(=O)CCCCCCC)OCCCCCCCCCC)NC. The van der Waals surface area contributed by atoms with Crippen molar-refractivity contribution >= 4 is 26.2 Å². The third-order valence-corrected chi connectivity index (χ3v) is 17.8. The third-order valence-electron chi connectivity index (χ3n) is 14.7. The van der Waals surface area contributed by atoms with E-state index in [4.69, 9.17) is 8.85 Å². The van der Waals surface area contributed by atoms with E-state index >= 15 is 0 Å². The second-order valence-corrected chi connectivity index (χ2v) is 24.5. The lowest BCUT2D eigenvalue weighted by atomic mass is 9.87. The van der Waals surface area contributed by atoms with Crippen LogP contribution in [-0.2, 0) is 13.6 Å². The number of thioether (sulfide) groups is 1. The van der Waals surface area contributed by atoms with Crippen molar-refractivity contribution in [2.45, 2.75) is 354 Å². The zero-order valence-electron chi connectivity index (χ0n) is 46.2. The van der Waals surface area contributed by atoms with Crippen LogP contribution in [0.15, 0.2) is 0 Å². The highest BCUT2D eigenvalue weighted by Crippen LogP contribution is 2.26. The molecule has 0 saturated carbocycles. The summed E-state index contributed by atoms with van der Waals surface area (Å²) < 4.78 is 13.7. The van der Waals surface area contributed by atoms with Crippen LogP contribution < -0.4 is 5.32 Å². The Bertz CT molecular complexity index is 886. The van der Waals surface area contributed by atoms with E-state index in [0.717, 1.165) is 50.7 Å². The number of unbranched alkanes of at least 4 members (excludes halogenated alkanes) is 41. The molecule has 0 rings (SSSR count). The van der Waals surface area contributed by atoms with E-state index in [-0.39, 0.29) is 5.54 Å². The van der Waals surface area contributed by atoms with Crippen LogP contribution in [0.1, 0.15) is 342 Å². The first-order valence-electron chi connectivity index (χ1n) is 30.6. The predicted octanol–water partition coefficient (Wildman–Crippen LogP) is 20.7. The average Bonchev–Trinajstić information content (AvgIpc) is 3.33. The summed E-state index contributed by atoms with van der Waals surface area (Å²) in [6.07, 6.45) is 66.2. The van der Waals surface area contributed by atoms with Crippen molar-refractivity contribution in [1.29, 1.82) is 0 Å². The second kappa shape index (κ2) is 56.0. The zero-order chi connectivity index (χ0) is 48.0. The minimum Gasteiger partial charge on any atom is -0.397 e. The molecular weight excluding hydrogens is 843 g/mol. The number of rotatable bonds is 58. The van der Waals surface area contributed by atoms with Crippen LogP contribution in [0.4, 0.5) is 0 Å². The van der Waals surface area contributed by atoms with E-state index in [9.17, 15) is 4.79 Å². The quantitative estimate of drug-likeness (QED) is 0.0486. The van der Waals surface area contributed by atoms with E-state index in [1.54, 1.807) is 11.8 Å². The molecule has 0 heterocycles. The maximum atomic E-state index is 12.7. The molecule has 0 aromatic carbocycles. The summed E-state index contributed by atoms with van der Waals surface area (Å²) in [7, 11) is 0.368. The lowest BCUT2D eigenvalue weighted by molar-refractivity contribution is -0.111. The molecule has 0 aliphatic carbocycles. The van der Waals surface area contributed by atoms with Crippen LogP contribution in [0.5, 0.6) is 0 Å². The highest BCUT2D eigenvalue weighted by Gasteiger charge is 2.29. The van der Waals surface area contributed by atoms with E-state index in [0.29, 0.717) is 5.12 Å². The molecule has 1 atom stereocenters. The molecule has 0 amide bonds. The smallest absolute Gasteiger partial charge is 0.321 e. The van der Waals surface area contributed by atoms with Gasteiger partial charge in [-0.05, 0) is 45.2 Å². The van der Waals surface area contributed by atoms with Gasteiger partial charge in [0.25, 0.3) is 0 Å². The van der Waals surface area contributed by atoms with Crippen molar-refractivity contribution in [3.8, 4) is 0 Å². The van der Waals surface area contributed by atoms with Crippen LogP contribution in [0.25, 0.3) is 0 Å². The van der Waals surface area contributed by atoms with Crippen molar-refractivity contribution in [2.24, 2.45) is 0 Å². The molecule has 1 N–H and O–H groups in total. The zero-order valence-corrected chi connectivity index (χ0v) is 48.2. The minimum atomic E-state index is -1.84. The van der Waals surface area contributed by atoms with Crippen LogP contribution in [0.2, 0.25) is 6.04 Å². The van der Waals surface area contributed by atoms with Gasteiger partial charge in [0.1, 0.15) is 0 Å². The molecule has 0 bridgehead atoms. The molecule has 0 saturated heterocycles. The first-order chi connectivity index (χ1) is 32.6. The second-order valence-electron chi connectivity index (χ2n) is 21.3. The Morgan fingerprint density at radius 3 is 1.03 bits per heavy atom. The average molecular weight is 967 g/mol. The lowest BCUT2D eigenvalue weighted by Gasteiger charge is -2.35. The lowest BCUT2D eigenvalue weighted by Crippen LogP contribution is -2.49. The number of likely N-dealkylation sites (N-methyl/N-ethyl adjacent to an activating group) is 1. The van der Waals surface area contributed by atoms with Crippen LogP contribution in [0.3, 0.4) is 0 Å². The standard InChI is InChI=1S/C60H123NO3SSi/c1-6-10-14-18-21-24-26-28-30-32-34-36-38-40-44-48-53-60(61-5,54-49-45-41-39-37-35-33-31-29-27-25-22-19-15-11-7-2)58-64-66(63-55-50-46-42-23-20-16-12-8-3)57-51-56-65-59(62)52-47-43-17-13-9-4/h61,66H,6-58H2,1-5H3. The summed E-state index contributed by atoms with van der Waals surface area (Å²) in [5.74, 6) is 0.914. The minimum absolute atomic E-state index is 0.0432. The van der Waals surface area contributed by atoms with Gasteiger partial charge in [0.05, 0.1) is 6.61 Å². The molecule has 0 aromatic rings. The molecule has 1 unspecified atom stereocenters. The van der Waals surface area contributed by atoms with E-state index in [2.05, 4.69) is 40.1 Å². The Labute approximate surface area is 423 Å². The molecule has 66 heavy (non-hydrogen) atoms. The molecule has 0 spiro atoms. The van der Waals surface area contributed by atoms with Gasteiger partial charge in [-0.2, -0.15) is 0 Å². The maximum absolute atomic E-state index is 12.7. The molecule has 0 aliphatic heterocycles. The molecule has 0 radical (unpaired) electrons. The Balaban J connectivity index is 5.01.